The maximum atomic E-state index is 12.7. The van der Waals surface area contributed by atoms with Gasteiger partial charge in [-0.3, -0.25) is 29.4 Å². The zero-order chi connectivity index (χ0) is 19.6. The number of aromatic nitrogens is 2. The van der Waals surface area contributed by atoms with Crippen molar-refractivity contribution in [2.45, 2.75) is 26.7 Å². The van der Waals surface area contributed by atoms with E-state index in [1.807, 2.05) is 0 Å². The van der Waals surface area contributed by atoms with E-state index in [2.05, 4.69) is 10.2 Å². The summed E-state index contributed by atoms with van der Waals surface area (Å²) in [7, 11) is 0. The lowest BCUT2D eigenvalue weighted by atomic mass is 10.2. The quantitative estimate of drug-likeness (QED) is 0.795. The second kappa shape index (κ2) is 7.65. The summed E-state index contributed by atoms with van der Waals surface area (Å²) in [6.07, 6.45) is 0.492. The summed E-state index contributed by atoms with van der Waals surface area (Å²) in [5.41, 5.74) is -0.274. The van der Waals surface area contributed by atoms with Crippen molar-refractivity contribution in [2.75, 3.05) is 26.2 Å². The van der Waals surface area contributed by atoms with Crippen molar-refractivity contribution in [1.29, 1.82) is 0 Å². The first-order valence-electron chi connectivity index (χ1n) is 8.80. The smallest absolute Gasteiger partial charge is 0.266 e. The molecule has 2 N–H and O–H groups in total. The lowest BCUT2D eigenvalue weighted by Crippen LogP contribution is -2.38. The number of carbonyl (C=O) groups excluding carboxylic acids is 2. The number of nitrogens with one attached hydrogen (secondary N) is 2. The van der Waals surface area contributed by atoms with Crippen LogP contribution in [0.3, 0.4) is 0 Å². The van der Waals surface area contributed by atoms with Crippen LogP contribution in [0.1, 0.15) is 33.9 Å². The Bertz CT molecular complexity index is 971. The van der Waals surface area contributed by atoms with Gasteiger partial charge in [0.1, 0.15) is 11.5 Å². The molecule has 0 radical (unpaired) electrons. The Hall–Kier alpha value is -3.10. The minimum Gasteiger partial charge on any atom is -0.466 e. The van der Waals surface area contributed by atoms with E-state index in [9.17, 15) is 19.2 Å². The fraction of sp³-hybridized carbons (Fsp3) is 0.444. The van der Waals surface area contributed by atoms with Crippen molar-refractivity contribution in [3.63, 3.8) is 0 Å². The highest BCUT2D eigenvalue weighted by Crippen LogP contribution is 2.17. The largest absolute Gasteiger partial charge is 0.466 e. The lowest BCUT2D eigenvalue weighted by Gasteiger charge is -2.22. The summed E-state index contributed by atoms with van der Waals surface area (Å²) in [6, 6.07) is 2.86. The standard InChI is InChI=1S/C18H22N4O5/c1-11-8-14(12(2)27-11)18(26)22-5-3-4-21(6-7-22)16(24)10-13-9-15(23)19-20-17(13)25/h8-9H,3-7,10H2,1-2H3,(H,19,23)(H,20,25). The molecule has 9 heteroatoms. The van der Waals surface area contributed by atoms with Gasteiger partial charge in [-0.2, -0.15) is 0 Å². The second-order valence-electron chi connectivity index (χ2n) is 6.64. The van der Waals surface area contributed by atoms with Crippen LogP contribution >= 0.6 is 0 Å². The molecule has 1 aliphatic rings. The first-order chi connectivity index (χ1) is 12.8. The van der Waals surface area contributed by atoms with Gasteiger partial charge >= 0.3 is 0 Å². The monoisotopic (exact) mass is 374 g/mol. The van der Waals surface area contributed by atoms with Gasteiger partial charge in [0.15, 0.2) is 0 Å². The minimum atomic E-state index is -0.486. The van der Waals surface area contributed by atoms with Crippen LogP contribution in [-0.2, 0) is 11.2 Å². The average molecular weight is 374 g/mol. The molecule has 27 heavy (non-hydrogen) atoms. The highest BCUT2D eigenvalue weighted by Gasteiger charge is 2.25. The molecule has 0 bridgehead atoms. The molecule has 0 aromatic carbocycles. The second-order valence-corrected chi connectivity index (χ2v) is 6.64. The van der Waals surface area contributed by atoms with Gasteiger partial charge in [0.25, 0.3) is 17.0 Å². The van der Waals surface area contributed by atoms with Crippen molar-refractivity contribution >= 4 is 11.8 Å². The number of H-pyrrole nitrogens is 2. The molecule has 0 aliphatic carbocycles. The maximum absolute atomic E-state index is 12.7. The summed E-state index contributed by atoms with van der Waals surface area (Å²) in [4.78, 5) is 51.7. The molecule has 144 valence electrons. The van der Waals surface area contributed by atoms with E-state index in [0.29, 0.717) is 49.7 Å². The molecule has 0 saturated carbocycles. The molecule has 1 saturated heterocycles. The van der Waals surface area contributed by atoms with Gasteiger partial charge in [-0.15, -0.1) is 0 Å². The fourth-order valence-corrected chi connectivity index (χ4v) is 3.25. The Balaban J connectivity index is 1.65. The highest BCUT2D eigenvalue weighted by molar-refractivity contribution is 5.95. The molecule has 0 spiro atoms. The van der Waals surface area contributed by atoms with E-state index < -0.39 is 11.1 Å². The zero-order valence-electron chi connectivity index (χ0n) is 15.3. The molecule has 2 aromatic rings. The summed E-state index contributed by atoms with van der Waals surface area (Å²) >= 11 is 0. The third kappa shape index (κ3) is 4.18. The third-order valence-electron chi connectivity index (χ3n) is 4.65. The molecule has 2 aromatic heterocycles. The Kier molecular flexibility index (Phi) is 5.29. The molecule has 3 heterocycles. The highest BCUT2D eigenvalue weighted by atomic mass is 16.3. The van der Waals surface area contributed by atoms with Crippen LogP contribution < -0.4 is 11.1 Å². The molecule has 1 aliphatic heterocycles. The van der Waals surface area contributed by atoms with E-state index in [-0.39, 0.29) is 23.8 Å². The van der Waals surface area contributed by atoms with Crippen LogP contribution in [0, 0.1) is 13.8 Å². The van der Waals surface area contributed by atoms with Crippen LogP contribution in [0.2, 0.25) is 0 Å². The minimum absolute atomic E-state index is 0.107. The van der Waals surface area contributed by atoms with Crippen molar-refractivity contribution in [3.05, 3.63) is 55.5 Å². The van der Waals surface area contributed by atoms with E-state index in [1.54, 1.807) is 29.7 Å². The van der Waals surface area contributed by atoms with Crippen molar-refractivity contribution in [1.82, 2.24) is 20.0 Å². The number of amides is 2. The van der Waals surface area contributed by atoms with Crippen LogP contribution in [-0.4, -0.2) is 58.0 Å². The first kappa shape index (κ1) is 18.7. The topological polar surface area (TPSA) is 119 Å². The Morgan fingerprint density at radius 1 is 1.04 bits per heavy atom. The van der Waals surface area contributed by atoms with Gasteiger partial charge in [0, 0.05) is 37.8 Å². The number of furan rings is 1. The van der Waals surface area contributed by atoms with Gasteiger partial charge in [0.05, 0.1) is 12.0 Å². The SMILES string of the molecule is Cc1cc(C(=O)N2CCCN(C(=O)Cc3cc(=O)[nH][nH]c3=O)CC2)c(C)o1. The summed E-state index contributed by atoms with van der Waals surface area (Å²) in [5.74, 6) is 0.925. The van der Waals surface area contributed by atoms with Gasteiger partial charge < -0.3 is 14.2 Å². The first-order valence-corrected chi connectivity index (χ1v) is 8.80. The average Bonchev–Trinajstić information content (AvgIpc) is 2.83. The number of aryl methyl sites for hydroxylation is 2. The van der Waals surface area contributed by atoms with Gasteiger partial charge in [0.2, 0.25) is 5.91 Å². The number of hydrogen-bond acceptors (Lipinski definition) is 5. The van der Waals surface area contributed by atoms with Gasteiger partial charge in [-0.05, 0) is 26.3 Å². The Labute approximate surface area is 154 Å². The summed E-state index contributed by atoms with van der Waals surface area (Å²) in [6.45, 7) is 5.36. The number of hydrogen-bond donors (Lipinski definition) is 2. The normalized spacial score (nSPS) is 14.9. The third-order valence-corrected chi connectivity index (χ3v) is 4.65. The predicted octanol–water partition coefficient (Wildman–Crippen LogP) is 0.190. The van der Waals surface area contributed by atoms with E-state index in [4.69, 9.17) is 4.42 Å². The van der Waals surface area contributed by atoms with Crippen molar-refractivity contribution < 1.29 is 14.0 Å². The maximum Gasteiger partial charge on any atom is 0.266 e. The van der Waals surface area contributed by atoms with Crippen molar-refractivity contribution in [3.8, 4) is 0 Å². The molecule has 0 unspecified atom stereocenters. The Morgan fingerprint density at radius 2 is 1.74 bits per heavy atom. The van der Waals surface area contributed by atoms with Crippen LogP contribution in [0.15, 0.2) is 26.1 Å². The van der Waals surface area contributed by atoms with Crippen LogP contribution in [0.25, 0.3) is 0 Å². The molecule has 1 fully saturated rings. The molecule has 0 atom stereocenters. The zero-order valence-corrected chi connectivity index (χ0v) is 15.3. The van der Waals surface area contributed by atoms with E-state index >= 15 is 0 Å². The number of aromatic amines is 2. The van der Waals surface area contributed by atoms with Gasteiger partial charge in [-0.1, -0.05) is 0 Å². The summed E-state index contributed by atoms with van der Waals surface area (Å²) < 4.78 is 5.43. The Morgan fingerprint density at radius 3 is 2.44 bits per heavy atom. The van der Waals surface area contributed by atoms with Crippen molar-refractivity contribution in [2.24, 2.45) is 0 Å². The molecular weight excluding hydrogens is 352 g/mol. The van der Waals surface area contributed by atoms with Gasteiger partial charge in [-0.25, -0.2) is 0 Å². The summed E-state index contributed by atoms with van der Waals surface area (Å²) in [5, 5.41) is 4.38. The lowest BCUT2D eigenvalue weighted by molar-refractivity contribution is -0.130. The van der Waals surface area contributed by atoms with E-state index in [1.165, 1.54) is 0 Å². The van der Waals surface area contributed by atoms with Crippen LogP contribution in [0.5, 0.6) is 0 Å². The number of carbonyl (C=O) groups is 2. The fourth-order valence-electron chi connectivity index (χ4n) is 3.25. The predicted molar refractivity (Wildman–Crippen MR) is 96.7 cm³/mol. The molecule has 3 rings (SSSR count). The molecule has 2 amide bonds. The number of rotatable bonds is 3. The molecular formula is C18H22N4O5. The van der Waals surface area contributed by atoms with Crippen LogP contribution in [0.4, 0.5) is 0 Å². The molecule has 9 nitrogen and oxygen atoms in total. The number of nitrogens with zero attached hydrogens (tertiary/aromatic N) is 2. The van der Waals surface area contributed by atoms with E-state index in [0.717, 1.165) is 6.07 Å².